The van der Waals surface area contributed by atoms with Crippen LogP contribution in [0.25, 0.3) is 11.1 Å². The third-order valence-corrected chi connectivity index (χ3v) is 3.96. The molecule has 1 atom stereocenters. The lowest BCUT2D eigenvalue weighted by Gasteiger charge is -2.29. The molecule has 0 aliphatic carbocycles. The van der Waals surface area contributed by atoms with Gasteiger partial charge in [0.05, 0.1) is 25.4 Å². The van der Waals surface area contributed by atoms with Gasteiger partial charge in [-0.3, -0.25) is 0 Å². The summed E-state index contributed by atoms with van der Waals surface area (Å²) in [5.41, 5.74) is -1.37. The minimum atomic E-state index is -4.68. The Bertz CT molecular complexity index is 821. The standard InChI is InChI=1S/C21H23F3O4/c1-20(2,3)28-18(19(25)27-5)17-15(7-6-8-16(17)21(22,23)24)13-9-11-14(26-4)12-10-13/h6-12,18H,1-5H3. The Hall–Kier alpha value is -2.54. The number of halogens is 3. The van der Waals surface area contributed by atoms with E-state index in [-0.39, 0.29) is 11.1 Å². The molecule has 152 valence electrons. The van der Waals surface area contributed by atoms with E-state index < -0.39 is 29.4 Å². The zero-order valence-corrected chi connectivity index (χ0v) is 16.4. The Morgan fingerprint density at radius 3 is 2.04 bits per heavy atom. The number of rotatable bonds is 5. The predicted molar refractivity (Wildman–Crippen MR) is 99.0 cm³/mol. The fourth-order valence-electron chi connectivity index (χ4n) is 2.80. The van der Waals surface area contributed by atoms with Gasteiger partial charge in [0.2, 0.25) is 0 Å². The number of carbonyl (C=O) groups excluding carboxylic acids is 1. The van der Waals surface area contributed by atoms with Crippen LogP contribution in [0.3, 0.4) is 0 Å². The molecule has 2 aromatic carbocycles. The molecule has 0 N–H and O–H groups in total. The lowest BCUT2D eigenvalue weighted by Crippen LogP contribution is -2.30. The zero-order valence-electron chi connectivity index (χ0n) is 16.4. The number of esters is 1. The number of hydrogen-bond acceptors (Lipinski definition) is 4. The van der Waals surface area contributed by atoms with Crippen molar-refractivity contribution >= 4 is 5.97 Å². The van der Waals surface area contributed by atoms with Crippen LogP contribution in [0.4, 0.5) is 13.2 Å². The van der Waals surface area contributed by atoms with E-state index in [0.717, 1.165) is 13.2 Å². The molecule has 0 bridgehead atoms. The number of benzene rings is 2. The van der Waals surface area contributed by atoms with Crippen molar-refractivity contribution in [2.45, 2.75) is 38.7 Å². The van der Waals surface area contributed by atoms with Gasteiger partial charge in [0.15, 0.2) is 6.10 Å². The molecule has 0 heterocycles. The van der Waals surface area contributed by atoms with Crippen LogP contribution in [-0.4, -0.2) is 25.8 Å². The van der Waals surface area contributed by atoms with Crippen molar-refractivity contribution in [2.75, 3.05) is 14.2 Å². The van der Waals surface area contributed by atoms with E-state index in [2.05, 4.69) is 0 Å². The maximum Gasteiger partial charge on any atom is 0.416 e. The molecule has 7 heteroatoms. The fourth-order valence-corrected chi connectivity index (χ4v) is 2.80. The number of methoxy groups -OCH3 is 2. The summed E-state index contributed by atoms with van der Waals surface area (Å²) in [6.45, 7) is 4.98. The minimum Gasteiger partial charge on any atom is -0.497 e. The highest BCUT2D eigenvalue weighted by Crippen LogP contribution is 2.42. The summed E-state index contributed by atoms with van der Waals surface area (Å²) in [5.74, 6) is -0.339. The smallest absolute Gasteiger partial charge is 0.416 e. The first-order valence-corrected chi connectivity index (χ1v) is 8.58. The second-order valence-electron chi connectivity index (χ2n) is 7.13. The average Bonchev–Trinajstić information content (AvgIpc) is 2.63. The summed E-state index contributed by atoms with van der Waals surface area (Å²) in [6, 6.07) is 10.3. The highest BCUT2D eigenvalue weighted by atomic mass is 19.4. The van der Waals surface area contributed by atoms with Crippen molar-refractivity contribution in [1.29, 1.82) is 0 Å². The van der Waals surface area contributed by atoms with Crippen molar-refractivity contribution in [3.63, 3.8) is 0 Å². The number of ether oxygens (including phenoxy) is 3. The van der Waals surface area contributed by atoms with E-state index in [9.17, 15) is 18.0 Å². The molecule has 4 nitrogen and oxygen atoms in total. The first-order valence-electron chi connectivity index (χ1n) is 8.58. The van der Waals surface area contributed by atoms with E-state index in [0.29, 0.717) is 11.3 Å². The van der Waals surface area contributed by atoms with Crippen LogP contribution in [0.15, 0.2) is 42.5 Å². The van der Waals surface area contributed by atoms with Gasteiger partial charge < -0.3 is 14.2 Å². The molecule has 2 aromatic rings. The second kappa shape index (κ2) is 8.22. The van der Waals surface area contributed by atoms with Gasteiger partial charge in [-0.25, -0.2) is 4.79 Å². The van der Waals surface area contributed by atoms with Gasteiger partial charge in [0.25, 0.3) is 0 Å². The summed E-state index contributed by atoms with van der Waals surface area (Å²) in [6.07, 6.45) is -6.22. The molecule has 0 saturated heterocycles. The van der Waals surface area contributed by atoms with Gasteiger partial charge in [-0.1, -0.05) is 24.3 Å². The van der Waals surface area contributed by atoms with Crippen LogP contribution in [0.5, 0.6) is 5.75 Å². The van der Waals surface area contributed by atoms with Gasteiger partial charge in [-0.2, -0.15) is 13.2 Å². The van der Waals surface area contributed by atoms with Crippen LogP contribution >= 0.6 is 0 Å². The molecule has 0 aliphatic heterocycles. The normalized spacial score (nSPS) is 13.1. The first-order chi connectivity index (χ1) is 13.0. The SMILES string of the molecule is COC(=O)C(OC(C)(C)C)c1c(-c2ccc(OC)cc2)cccc1C(F)(F)F. The Balaban J connectivity index is 2.77. The Kier molecular flexibility index (Phi) is 6.39. The Morgan fingerprint density at radius 2 is 1.57 bits per heavy atom. The number of alkyl halides is 3. The maximum atomic E-state index is 13.8. The first kappa shape index (κ1) is 21.8. The van der Waals surface area contributed by atoms with Gasteiger partial charge in [0, 0.05) is 5.56 Å². The van der Waals surface area contributed by atoms with Crippen molar-refractivity contribution < 1.29 is 32.2 Å². The van der Waals surface area contributed by atoms with Crippen molar-refractivity contribution in [3.8, 4) is 16.9 Å². The molecular weight excluding hydrogens is 373 g/mol. The van der Waals surface area contributed by atoms with Gasteiger partial charge in [-0.15, -0.1) is 0 Å². The van der Waals surface area contributed by atoms with Crippen LogP contribution in [0.1, 0.15) is 38.0 Å². The van der Waals surface area contributed by atoms with Crippen LogP contribution in [-0.2, 0) is 20.4 Å². The molecule has 28 heavy (non-hydrogen) atoms. The van der Waals surface area contributed by atoms with E-state index in [1.807, 2.05) is 0 Å². The molecule has 1 unspecified atom stereocenters. The number of hydrogen-bond donors (Lipinski definition) is 0. The van der Waals surface area contributed by atoms with Gasteiger partial charge >= 0.3 is 12.1 Å². The third kappa shape index (κ3) is 5.04. The summed E-state index contributed by atoms with van der Waals surface area (Å²) >= 11 is 0. The highest BCUT2D eigenvalue weighted by molar-refractivity contribution is 5.82. The van der Waals surface area contributed by atoms with E-state index in [1.165, 1.54) is 19.2 Å². The maximum absolute atomic E-state index is 13.8. The van der Waals surface area contributed by atoms with Crippen molar-refractivity contribution in [2.24, 2.45) is 0 Å². The zero-order chi connectivity index (χ0) is 21.1. The van der Waals surface area contributed by atoms with Crippen molar-refractivity contribution in [3.05, 3.63) is 53.6 Å². The molecule has 0 aromatic heterocycles. The van der Waals surface area contributed by atoms with Gasteiger partial charge in [0.1, 0.15) is 5.75 Å². The van der Waals surface area contributed by atoms with E-state index in [1.54, 1.807) is 45.0 Å². The molecule has 0 fully saturated rings. The molecule has 0 spiro atoms. The summed E-state index contributed by atoms with van der Waals surface area (Å²) in [4.78, 5) is 12.4. The van der Waals surface area contributed by atoms with E-state index in [4.69, 9.17) is 14.2 Å². The highest BCUT2D eigenvalue weighted by Gasteiger charge is 2.40. The average molecular weight is 396 g/mol. The predicted octanol–water partition coefficient (Wildman–Crippen LogP) is 5.41. The quantitative estimate of drug-likeness (QED) is 0.634. The summed E-state index contributed by atoms with van der Waals surface area (Å²) in [7, 11) is 2.61. The Labute approximate surface area is 162 Å². The van der Waals surface area contributed by atoms with Gasteiger partial charge in [-0.05, 0) is 50.1 Å². The van der Waals surface area contributed by atoms with Crippen LogP contribution in [0, 0.1) is 0 Å². The molecule has 0 amide bonds. The Morgan fingerprint density at radius 1 is 0.964 bits per heavy atom. The summed E-state index contributed by atoms with van der Waals surface area (Å²) < 4.78 is 57.0. The number of carbonyl (C=O) groups is 1. The van der Waals surface area contributed by atoms with Crippen LogP contribution in [0.2, 0.25) is 0 Å². The third-order valence-electron chi connectivity index (χ3n) is 3.96. The summed E-state index contributed by atoms with van der Waals surface area (Å²) in [5, 5.41) is 0. The second-order valence-corrected chi connectivity index (χ2v) is 7.13. The fraction of sp³-hybridized carbons (Fsp3) is 0.381. The molecular formula is C21H23F3O4. The monoisotopic (exact) mass is 396 g/mol. The molecule has 2 rings (SSSR count). The lowest BCUT2D eigenvalue weighted by molar-refractivity contribution is -0.166. The minimum absolute atomic E-state index is 0.233. The molecule has 0 radical (unpaired) electrons. The topological polar surface area (TPSA) is 44.8 Å². The van der Waals surface area contributed by atoms with Crippen LogP contribution < -0.4 is 4.74 Å². The molecule has 0 saturated carbocycles. The van der Waals surface area contributed by atoms with Crippen molar-refractivity contribution in [1.82, 2.24) is 0 Å². The van der Waals surface area contributed by atoms with E-state index >= 15 is 0 Å². The molecule has 0 aliphatic rings. The largest absolute Gasteiger partial charge is 0.497 e. The lowest BCUT2D eigenvalue weighted by atomic mass is 9.91.